The number of nitrogens with zero attached hydrogens (tertiary/aromatic N) is 1. The first-order valence-corrected chi connectivity index (χ1v) is 5.08. The molecule has 12 heavy (non-hydrogen) atoms. The Morgan fingerprint density at radius 3 is 2.50 bits per heavy atom. The van der Waals surface area contributed by atoms with E-state index in [1.54, 1.807) is 0 Å². The maximum absolute atomic E-state index is 6.03. The van der Waals surface area contributed by atoms with Gasteiger partial charge in [0.15, 0.2) is 0 Å². The van der Waals surface area contributed by atoms with Crippen LogP contribution < -0.4 is 5.73 Å². The molecular weight excluding hydrogens is 148 g/mol. The Morgan fingerprint density at radius 1 is 1.50 bits per heavy atom. The van der Waals surface area contributed by atoms with E-state index in [0.29, 0.717) is 17.6 Å². The van der Waals surface area contributed by atoms with Gasteiger partial charge in [0.25, 0.3) is 0 Å². The molecule has 0 amide bonds. The molecule has 3 atom stereocenters. The van der Waals surface area contributed by atoms with Crippen LogP contribution in [0.25, 0.3) is 0 Å². The monoisotopic (exact) mass is 168 g/mol. The summed E-state index contributed by atoms with van der Waals surface area (Å²) in [4.78, 5) is 2.61. The van der Waals surface area contributed by atoms with Crippen molar-refractivity contribution in [2.45, 2.75) is 51.2 Å². The van der Waals surface area contributed by atoms with Crippen LogP contribution in [0.2, 0.25) is 0 Å². The van der Waals surface area contributed by atoms with Gasteiger partial charge in [0, 0.05) is 24.2 Å². The van der Waals surface area contributed by atoms with Crippen LogP contribution in [-0.2, 0) is 0 Å². The Bertz CT molecular complexity index is 188. The summed E-state index contributed by atoms with van der Waals surface area (Å²) in [5.74, 6) is 0.806. The predicted molar refractivity (Wildman–Crippen MR) is 50.9 cm³/mol. The SMILES string of the molecule is CCC(C)(C)N1CC2CC1C2N. The van der Waals surface area contributed by atoms with E-state index in [4.69, 9.17) is 5.73 Å². The van der Waals surface area contributed by atoms with Gasteiger partial charge >= 0.3 is 0 Å². The fourth-order valence-corrected chi connectivity index (χ4v) is 2.56. The molecule has 2 aliphatic heterocycles. The van der Waals surface area contributed by atoms with Gasteiger partial charge in [0.1, 0.15) is 0 Å². The zero-order chi connectivity index (χ0) is 8.93. The van der Waals surface area contributed by atoms with Gasteiger partial charge < -0.3 is 5.73 Å². The minimum absolute atomic E-state index is 0.369. The summed E-state index contributed by atoms with van der Waals surface area (Å²) in [6.07, 6.45) is 2.58. The van der Waals surface area contributed by atoms with E-state index in [9.17, 15) is 0 Å². The highest BCUT2D eigenvalue weighted by Crippen LogP contribution is 2.44. The largest absolute Gasteiger partial charge is 0.326 e. The van der Waals surface area contributed by atoms with Crippen molar-refractivity contribution in [3.63, 3.8) is 0 Å². The minimum atomic E-state index is 0.369. The van der Waals surface area contributed by atoms with E-state index in [1.807, 2.05) is 0 Å². The lowest BCUT2D eigenvalue weighted by atomic mass is 9.80. The average molecular weight is 168 g/mol. The lowest BCUT2D eigenvalue weighted by Gasteiger charge is -2.41. The van der Waals surface area contributed by atoms with Gasteiger partial charge in [-0.05, 0) is 32.6 Å². The van der Waals surface area contributed by atoms with Crippen LogP contribution in [-0.4, -0.2) is 29.1 Å². The second kappa shape index (κ2) is 2.46. The highest BCUT2D eigenvalue weighted by Gasteiger charge is 2.53. The normalized spacial score (nSPS) is 41.5. The highest BCUT2D eigenvalue weighted by molar-refractivity contribution is 5.10. The summed E-state index contributed by atoms with van der Waals surface area (Å²) in [6.45, 7) is 8.18. The molecule has 2 bridgehead atoms. The smallest absolute Gasteiger partial charge is 0.0259 e. The van der Waals surface area contributed by atoms with Crippen molar-refractivity contribution < 1.29 is 0 Å². The van der Waals surface area contributed by atoms with Crippen molar-refractivity contribution in [1.29, 1.82) is 0 Å². The molecule has 0 aromatic heterocycles. The van der Waals surface area contributed by atoms with Crippen molar-refractivity contribution in [3.05, 3.63) is 0 Å². The number of rotatable bonds is 2. The summed E-state index contributed by atoms with van der Waals surface area (Å²) in [5, 5.41) is 0. The molecule has 2 N–H and O–H groups in total. The Kier molecular flexibility index (Phi) is 1.74. The molecule has 1 saturated carbocycles. The predicted octanol–water partition coefficient (Wildman–Crippen LogP) is 1.21. The lowest BCUT2D eigenvalue weighted by Crippen LogP contribution is -2.53. The molecule has 0 aromatic rings. The van der Waals surface area contributed by atoms with Gasteiger partial charge in [-0.25, -0.2) is 0 Å². The second-order valence-electron chi connectivity index (χ2n) is 4.96. The van der Waals surface area contributed by atoms with Crippen LogP contribution in [0.4, 0.5) is 0 Å². The first-order valence-electron chi connectivity index (χ1n) is 5.08. The van der Waals surface area contributed by atoms with Crippen molar-refractivity contribution in [1.82, 2.24) is 4.90 Å². The minimum Gasteiger partial charge on any atom is -0.326 e. The van der Waals surface area contributed by atoms with Gasteiger partial charge in [0.2, 0.25) is 0 Å². The van der Waals surface area contributed by atoms with Crippen LogP contribution in [0.15, 0.2) is 0 Å². The molecule has 2 nitrogen and oxygen atoms in total. The van der Waals surface area contributed by atoms with E-state index in [0.717, 1.165) is 5.92 Å². The maximum atomic E-state index is 6.03. The molecule has 0 aromatic carbocycles. The Labute approximate surface area is 75.1 Å². The third kappa shape index (κ3) is 0.944. The fourth-order valence-electron chi connectivity index (χ4n) is 2.56. The van der Waals surface area contributed by atoms with Gasteiger partial charge in [-0.2, -0.15) is 0 Å². The molecule has 2 heterocycles. The van der Waals surface area contributed by atoms with E-state index >= 15 is 0 Å². The molecule has 70 valence electrons. The van der Waals surface area contributed by atoms with Gasteiger partial charge in [0.05, 0.1) is 0 Å². The van der Waals surface area contributed by atoms with Crippen LogP contribution in [0.5, 0.6) is 0 Å². The summed E-state index contributed by atoms with van der Waals surface area (Å²) < 4.78 is 0. The van der Waals surface area contributed by atoms with E-state index in [2.05, 4.69) is 25.7 Å². The van der Waals surface area contributed by atoms with Gasteiger partial charge in [-0.1, -0.05) is 6.92 Å². The number of nitrogens with two attached hydrogens (primary N) is 1. The third-order valence-corrected chi connectivity index (χ3v) is 4.01. The van der Waals surface area contributed by atoms with Crippen molar-refractivity contribution in [2.24, 2.45) is 11.7 Å². The number of hydrogen-bond acceptors (Lipinski definition) is 2. The summed E-state index contributed by atoms with van der Waals surface area (Å²) in [6, 6.07) is 1.18. The van der Waals surface area contributed by atoms with Crippen LogP contribution in [0.3, 0.4) is 0 Å². The molecule has 3 fully saturated rings. The lowest BCUT2D eigenvalue weighted by molar-refractivity contribution is 0.100. The molecule has 3 rings (SSSR count). The summed E-state index contributed by atoms with van der Waals surface area (Å²) in [7, 11) is 0. The highest BCUT2D eigenvalue weighted by atomic mass is 15.3. The van der Waals surface area contributed by atoms with Crippen molar-refractivity contribution >= 4 is 0 Å². The third-order valence-electron chi connectivity index (χ3n) is 4.01. The second-order valence-corrected chi connectivity index (χ2v) is 4.96. The average Bonchev–Trinajstić information content (AvgIpc) is 2.60. The Balaban J connectivity index is 2.08. The molecule has 3 aliphatic rings. The molecule has 2 heteroatoms. The van der Waals surface area contributed by atoms with Crippen LogP contribution in [0, 0.1) is 5.92 Å². The Hall–Kier alpha value is -0.0800. The van der Waals surface area contributed by atoms with E-state index < -0.39 is 0 Å². The molecular formula is C10H20N2. The fraction of sp³-hybridized carbons (Fsp3) is 1.00. The zero-order valence-corrected chi connectivity index (χ0v) is 8.38. The van der Waals surface area contributed by atoms with Gasteiger partial charge in [-0.15, -0.1) is 0 Å². The zero-order valence-electron chi connectivity index (χ0n) is 8.38. The Morgan fingerprint density at radius 2 is 2.17 bits per heavy atom. The molecule has 1 aliphatic carbocycles. The summed E-state index contributed by atoms with van der Waals surface area (Å²) >= 11 is 0. The molecule has 0 radical (unpaired) electrons. The van der Waals surface area contributed by atoms with Crippen molar-refractivity contribution in [3.8, 4) is 0 Å². The number of hydrogen-bond donors (Lipinski definition) is 1. The first kappa shape index (κ1) is 8.52. The van der Waals surface area contributed by atoms with Crippen LogP contribution in [0.1, 0.15) is 33.6 Å². The summed E-state index contributed by atoms with van der Waals surface area (Å²) in [5.41, 5.74) is 6.40. The topological polar surface area (TPSA) is 29.3 Å². The van der Waals surface area contributed by atoms with Crippen LogP contribution >= 0.6 is 0 Å². The van der Waals surface area contributed by atoms with E-state index in [-0.39, 0.29) is 0 Å². The quantitative estimate of drug-likeness (QED) is 0.671. The van der Waals surface area contributed by atoms with E-state index in [1.165, 1.54) is 19.4 Å². The molecule has 0 spiro atoms. The first-order chi connectivity index (χ1) is 5.56. The van der Waals surface area contributed by atoms with Gasteiger partial charge in [-0.3, -0.25) is 4.90 Å². The number of fused-ring (bicyclic) bond motifs is 1. The molecule has 3 unspecified atom stereocenters. The molecule has 2 saturated heterocycles. The standard InChI is InChI=1S/C10H20N2/c1-4-10(2,3)12-6-7-5-8(12)9(7)11/h7-9H,4-6,11H2,1-3H3. The van der Waals surface area contributed by atoms with Crippen molar-refractivity contribution in [2.75, 3.05) is 6.54 Å². The maximum Gasteiger partial charge on any atom is 0.0259 e.